The van der Waals surface area contributed by atoms with E-state index in [1.165, 1.54) is 0 Å². The lowest BCUT2D eigenvalue weighted by Crippen LogP contribution is -2.57. The van der Waals surface area contributed by atoms with Gasteiger partial charge in [0.25, 0.3) is 0 Å². The molecule has 15 heteroatoms. The molecule has 0 aliphatic rings. The molecule has 0 aliphatic carbocycles. The van der Waals surface area contributed by atoms with E-state index in [9.17, 15) is 28.8 Å². The highest BCUT2D eigenvalue weighted by molar-refractivity contribution is 7.80. The van der Waals surface area contributed by atoms with Crippen molar-refractivity contribution in [3.63, 3.8) is 0 Å². The van der Waals surface area contributed by atoms with Crippen molar-refractivity contribution >= 4 is 49.1 Å². The molecule has 8 N–H and O–H groups in total. The molecule has 272 valence electrons. The van der Waals surface area contributed by atoms with E-state index in [4.69, 9.17) is 4.11 Å². The SMILES string of the molecule is [2H]C(=O)C(CCCCNC(=O)C(C)NC(CC(C)C(=O)NCCCC[C@@H](NC)C([2H])=O)NC(C)C(=O)NCCCC[C@H](NCS)C([2H])=O)NC. The summed E-state index contributed by atoms with van der Waals surface area (Å²) in [4.78, 5) is 72.7. The van der Waals surface area contributed by atoms with Crippen LogP contribution in [0.15, 0.2) is 0 Å². The van der Waals surface area contributed by atoms with Crippen molar-refractivity contribution in [2.24, 2.45) is 5.92 Å². The predicted molar refractivity (Wildman–Crippen MR) is 188 cm³/mol. The van der Waals surface area contributed by atoms with Crippen LogP contribution in [0.25, 0.3) is 0 Å². The molecular weight excluding hydrogens is 624 g/mol. The van der Waals surface area contributed by atoms with Crippen LogP contribution in [0.1, 0.15) is 89.1 Å². The van der Waals surface area contributed by atoms with E-state index >= 15 is 0 Å². The number of unbranched alkanes of at least 4 members (excludes halogenated alkanes) is 3. The Bertz CT molecular complexity index is 998. The van der Waals surface area contributed by atoms with Gasteiger partial charge in [0.1, 0.15) is 22.9 Å². The second-order valence-corrected chi connectivity index (χ2v) is 12.1. The van der Waals surface area contributed by atoms with Gasteiger partial charge in [-0.15, -0.1) is 0 Å². The van der Waals surface area contributed by atoms with Crippen molar-refractivity contribution in [2.75, 3.05) is 39.6 Å². The van der Waals surface area contributed by atoms with Gasteiger partial charge in [-0.2, -0.15) is 12.6 Å². The number of amides is 3. The molecule has 0 rings (SSSR count). The Balaban J connectivity index is 5.14. The molecule has 47 heavy (non-hydrogen) atoms. The average Bonchev–Trinajstić information content (AvgIpc) is 3.06. The molecule has 0 spiro atoms. The molecule has 0 radical (unpaired) electrons. The lowest BCUT2D eigenvalue weighted by atomic mass is 10.0. The van der Waals surface area contributed by atoms with E-state index in [-0.39, 0.29) is 30.0 Å². The molecular formula is C32H62N8O6S. The fourth-order valence-corrected chi connectivity index (χ4v) is 4.99. The number of likely N-dealkylation sites (N-methyl/N-ethyl adjacent to an activating group) is 2. The number of carbonyl (C=O) groups excluding carboxylic acids is 6. The van der Waals surface area contributed by atoms with Crippen molar-refractivity contribution in [1.82, 2.24) is 42.5 Å². The van der Waals surface area contributed by atoms with E-state index in [2.05, 4.69) is 55.2 Å². The van der Waals surface area contributed by atoms with Crippen molar-refractivity contribution < 1.29 is 32.9 Å². The van der Waals surface area contributed by atoms with Crippen LogP contribution < -0.4 is 42.5 Å². The minimum Gasteiger partial charge on any atom is -0.356 e. The van der Waals surface area contributed by atoms with Gasteiger partial charge in [-0.3, -0.25) is 30.3 Å². The van der Waals surface area contributed by atoms with Crippen LogP contribution in [0.3, 0.4) is 0 Å². The number of aldehydes is 3. The number of nitrogens with one attached hydrogen (secondary N) is 8. The van der Waals surface area contributed by atoms with Gasteiger partial charge in [0.15, 0.2) is 0 Å². The Morgan fingerprint density at radius 3 is 1.38 bits per heavy atom. The summed E-state index contributed by atoms with van der Waals surface area (Å²) in [6, 6.07) is -3.00. The molecule has 3 amide bonds. The average molecular weight is 690 g/mol. The summed E-state index contributed by atoms with van der Waals surface area (Å²) >= 11 is 4.04. The van der Waals surface area contributed by atoms with E-state index in [1.807, 2.05) is 0 Å². The van der Waals surface area contributed by atoms with Crippen LogP contribution in [-0.4, -0.2) is 112 Å². The molecule has 0 aromatic rings. The monoisotopic (exact) mass is 689 g/mol. The van der Waals surface area contributed by atoms with Crippen LogP contribution in [0, 0.1) is 5.92 Å². The molecule has 0 bridgehead atoms. The van der Waals surface area contributed by atoms with Gasteiger partial charge in [0.2, 0.25) is 17.7 Å². The zero-order valence-corrected chi connectivity index (χ0v) is 29.7. The maximum Gasteiger partial charge on any atom is 0.236 e. The Morgan fingerprint density at radius 1 is 0.638 bits per heavy atom. The highest BCUT2D eigenvalue weighted by Crippen LogP contribution is 2.08. The molecule has 0 aromatic carbocycles. The molecule has 0 saturated carbocycles. The molecule has 7 atom stereocenters. The van der Waals surface area contributed by atoms with Gasteiger partial charge in [-0.25, -0.2) is 0 Å². The topological polar surface area (TPSA) is 199 Å². The third-order valence-corrected chi connectivity index (χ3v) is 8.03. The molecule has 0 saturated heterocycles. The summed E-state index contributed by atoms with van der Waals surface area (Å²) in [7, 11) is 3.26. The van der Waals surface area contributed by atoms with E-state index in [0.717, 1.165) is 0 Å². The number of carbonyl (C=O) groups is 6. The number of thiol groups is 1. The number of hydrogen-bond acceptors (Lipinski definition) is 12. The van der Waals surface area contributed by atoms with Gasteiger partial charge >= 0.3 is 0 Å². The van der Waals surface area contributed by atoms with Gasteiger partial charge in [0, 0.05) is 31.4 Å². The summed E-state index contributed by atoms with van der Waals surface area (Å²) in [5.41, 5.74) is 0. The van der Waals surface area contributed by atoms with Crippen LogP contribution in [-0.2, 0) is 28.8 Å². The fourth-order valence-electron chi connectivity index (χ4n) is 4.77. The Kier molecular flexibility index (Phi) is 23.7. The maximum absolute atomic E-state index is 12.9. The third-order valence-electron chi connectivity index (χ3n) is 7.84. The van der Waals surface area contributed by atoms with E-state index < -0.39 is 61.1 Å². The molecule has 5 unspecified atom stereocenters. The first-order chi connectivity index (χ1) is 23.7. The largest absolute Gasteiger partial charge is 0.356 e. The van der Waals surface area contributed by atoms with Crippen molar-refractivity contribution in [2.45, 2.75) is 121 Å². The van der Waals surface area contributed by atoms with Gasteiger partial charge in [-0.1, -0.05) is 6.92 Å². The fraction of sp³-hybridized carbons (Fsp3) is 0.812. The predicted octanol–water partition coefficient (Wildman–Crippen LogP) is -0.227. The van der Waals surface area contributed by atoms with Gasteiger partial charge in [0.05, 0.1) is 36.4 Å². The second kappa shape index (κ2) is 28.6. The Labute approximate surface area is 291 Å². The van der Waals surface area contributed by atoms with E-state index in [1.54, 1.807) is 34.9 Å². The van der Waals surface area contributed by atoms with Gasteiger partial charge in [-0.05, 0) is 92.2 Å². The van der Waals surface area contributed by atoms with Crippen molar-refractivity contribution in [3.05, 3.63) is 0 Å². The second-order valence-electron chi connectivity index (χ2n) is 11.8. The molecule has 0 aliphatic heterocycles. The van der Waals surface area contributed by atoms with Crippen LogP contribution in [0.5, 0.6) is 0 Å². The standard InChI is InChI=1S/C32H62N8O6S/c1-23(30(44)35-15-9-6-12-26(19-41)33-4)18-29(39-24(2)31(45)36-16-10-7-13-27(20-42)34-5)40-25(3)32(46)37-17-11-8-14-28(21-43)38-22-47/h19-21,23-29,33-34,38-40,47H,6-18,22H2,1-5H3,(H,35,44)(H,36,45)(H,37,46)/t23?,24?,25?,26-,27?,28+,29?/m1/s1/i19D,20D,21D. The summed E-state index contributed by atoms with van der Waals surface area (Å²) in [5.74, 6) is -0.936. The summed E-state index contributed by atoms with van der Waals surface area (Å²) < 4.78 is 21.8. The van der Waals surface area contributed by atoms with Crippen LogP contribution in [0.2, 0.25) is 0 Å². The molecule has 0 fully saturated rings. The zero-order valence-electron chi connectivity index (χ0n) is 31.8. The van der Waals surface area contributed by atoms with Crippen LogP contribution in [0.4, 0.5) is 0 Å². The number of rotatable bonds is 31. The van der Waals surface area contributed by atoms with E-state index in [0.29, 0.717) is 77.4 Å². The van der Waals surface area contributed by atoms with Gasteiger partial charge < -0.3 is 41.0 Å². The normalized spacial score (nSPS) is 16.6. The molecule has 0 heterocycles. The first kappa shape index (κ1) is 39.0. The zero-order chi connectivity index (χ0) is 38.1. The Morgan fingerprint density at radius 2 is 1.02 bits per heavy atom. The molecule has 0 aromatic heterocycles. The van der Waals surface area contributed by atoms with Crippen molar-refractivity contribution in [1.29, 1.82) is 0 Å². The Hall–Kier alpha value is -2.43. The first-order valence-corrected chi connectivity index (χ1v) is 17.4. The first-order valence-electron chi connectivity index (χ1n) is 18.2. The smallest absolute Gasteiger partial charge is 0.236 e. The summed E-state index contributed by atoms with van der Waals surface area (Å²) in [5, 5.41) is 23.5. The highest BCUT2D eigenvalue weighted by Gasteiger charge is 2.25. The summed E-state index contributed by atoms with van der Waals surface area (Å²) in [6.45, 7) is 6.29. The third kappa shape index (κ3) is 21.9. The molecule has 14 nitrogen and oxygen atoms in total. The van der Waals surface area contributed by atoms with Crippen LogP contribution >= 0.6 is 12.6 Å². The number of hydrogen-bond donors (Lipinski definition) is 9. The minimum absolute atomic E-state index is 0.197. The lowest BCUT2D eigenvalue weighted by Gasteiger charge is -2.28. The van der Waals surface area contributed by atoms with Crippen molar-refractivity contribution in [3.8, 4) is 0 Å². The quantitative estimate of drug-likeness (QED) is 0.0202. The maximum atomic E-state index is 12.9. The summed E-state index contributed by atoms with van der Waals surface area (Å²) in [6.07, 6.45) is 2.88. The highest BCUT2D eigenvalue weighted by atomic mass is 32.1. The minimum atomic E-state index is -0.702. The lowest BCUT2D eigenvalue weighted by molar-refractivity contribution is -0.125.